The monoisotopic (exact) mass is 254 g/mol. The number of carbonyl (C=O) groups is 2. The number of alkyl halides is 3. The molecule has 2 heterocycles. The number of carbonyl (C=O) groups excluding carboxylic acids is 1. The van der Waals surface area contributed by atoms with E-state index < -0.39 is 12.1 Å². The molecule has 2 fully saturated rings. The van der Waals surface area contributed by atoms with Crippen LogP contribution < -0.4 is 10.6 Å². The van der Waals surface area contributed by atoms with Crippen LogP contribution in [0, 0.1) is 0 Å². The van der Waals surface area contributed by atoms with Gasteiger partial charge in [-0.3, -0.25) is 4.79 Å². The molecule has 2 aliphatic rings. The molecule has 0 saturated carbocycles. The van der Waals surface area contributed by atoms with Crippen LogP contribution in [0.1, 0.15) is 19.3 Å². The van der Waals surface area contributed by atoms with Gasteiger partial charge in [0.15, 0.2) is 0 Å². The van der Waals surface area contributed by atoms with Crippen molar-refractivity contribution in [1.29, 1.82) is 0 Å². The summed E-state index contributed by atoms with van der Waals surface area (Å²) >= 11 is 0. The van der Waals surface area contributed by atoms with Gasteiger partial charge < -0.3 is 15.7 Å². The Morgan fingerprint density at radius 1 is 1.35 bits per heavy atom. The van der Waals surface area contributed by atoms with Crippen LogP contribution in [0.15, 0.2) is 0 Å². The van der Waals surface area contributed by atoms with Gasteiger partial charge in [0.2, 0.25) is 5.91 Å². The molecule has 0 bridgehead atoms. The third kappa shape index (κ3) is 3.88. The highest BCUT2D eigenvalue weighted by atomic mass is 19.4. The van der Waals surface area contributed by atoms with Crippen molar-refractivity contribution in [3.05, 3.63) is 0 Å². The summed E-state index contributed by atoms with van der Waals surface area (Å²) < 4.78 is 31.7. The summed E-state index contributed by atoms with van der Waals surface area (Å²) in [5, 5.41) is 13.4. The standard InChI is InChI=1S/C7H12N2O.C2HF3O2/c10-6-1-2-7(9-6)3-4-8-5-7;3-2(4,5)1(6)7/h8H,1-5H2,(H,9,10);(H,6,7)/t7-;/m1./s1. The van der Waals surface area contributed by atoms with Crippen LogP contribution in [0.3, 0.4) is 0 Å². The van der Waals surface area contributed by atoms with Gasteiger partial charge in [0.25, 0.3) is 0 Å². The Labute approximate surface area is 95.4 Å². The Morgan fingerprint density at radius 3 is 2.24 bits per heavy atom. The fraction of sp³-hybridized carbons (Fsp3) is 0.778. The lowest BCUT2D eigenvalue weighted by Crippen LogP contribution is -2.43. The van der Waals surface area contributed by atoms with E-state index in [0.717, 1.165) is 32.4 Å². The average Bonchev–Trinajstić information content (AvgIpc) is 2.77. The normalized spacial score (nSPS) is 27.6. The Hall–Kier alpha value is -1.31. The summed E-state index contributed by atoms with van der Waals surface area (Å²) in [7, 11) is 0. The molecule has 1 atom stereocenters. The maximum absolute atomic E-state index is 10.9. The van der Waals surface area contributed by atoms with Crippen LogP contribution >= 0.6 is 0 Å². The first-order chi connectivity index (χ1) is 7.75. The highest BCUT2D eigenvalue weighted by Gasteiger charge is 2.39. The number of hydrogen-bond acceptors (Lipinski definition) is 3. The zero-order valence-corrected chi connectivity index (χ0v) is 8.93. The van der Waals surface area contributed by atoms with Gasteiger partial charge in [0, 0.05) is 13.0 Å². The van der Waals surface area contributed by atoms with Crippen LogP contribution in [0.4, 0.5) is 13.2 Å². The van der Waals surface area contributed by atoms with Gasteiger partial charge in [0.1, 0.15) is 0 Å². The third-order valence-corrected chi connectivity index (χ3v) is 2.72. The first-order valence-electron chi connectivity index (χ1n) is 5.07. The van der Waals surface area contributed by atoms with Crippen LogP contribution in [-0.4, -0.2) is 41.8 Å². The molecule has 0 radical (unpaired) electrons. The average molecular weight is 254 g/mol. The van der Waals surface area contributed by atoms with Crippen molar-refractivity contribution >= 4 is 11.9 Å². The first-order valence-corrected chi connectivity index (χ1v) is 5.07. The topological polar surface area (TPSA) is 78.4 Å². The van der Waals surface area contributed by atoms with Gasteiger partial charge in [-0.05, 0) is 19.4 Å². The molecule has 2 saturated heterocycles. The molecular weight excluding hydrogens is 241 g/mol. The maximum Gasteiger partial charge on any atom is 0.490 e. The molecule has 0 aromatic carbocycles. The van der Waals surface area contributed by atoms with E-state index in [-0.39, 0.29) is 11.4 Å². The molecule has 1 spiro atoms. The molecule has 1 amide bonds. The van der Waals surface area contributed by atoms with Gasteiger partial charge >= 0.3 is 12.1 Å². The van der Waals surface area contributed by atoms with E-state index in [1.165, 1.54) is 0 Å². The lowest BCUT2D eigenvalue weighted by Gasteiger charge is -2.20. The molecular formula is C9H13F3N2O3. The summed E-state index contributed by atoms with van der Waals surface area (Å²) in [6.45, 7) is 2.03. The van der Waals surface area contributed by atoms with E-state index in [1.807, 2.05) is 0 Å². The molecule has 5 nitrogen and oxygen atoms in total. The van der Waals surface area contributed by atoms with Gasteiger partial charge in [-0.15, -0.1) is 0 Å². The smallest absolute Gasteiger partial charge is 0.475 e. The minimum atomic E-state index is -5.08. The van der Waals surface area contributed by atoms with Crippen molar-refractivity contribution in [3.8, 4) is 0 Å². The number of nitrogens with one attached hydrogen (secondary N) is 2. The predicted molar refractivity (Wildman–Crippen MR) is 51.3 cm³/mol. The first kappa shape index (κ1) is 13.8. The van der Waals surface area contributed by atoms with Crippen molar-refractivity contribution in [2.75, 3.05) is 13.1 Å². The molecule has 0 aromatic heterocycles. The number of amides is 1. The number of rotatable bonds is 0. The van der Waals surface area contributed by atoms with Crippen molar-refractivity contribution in [2.45, 2.75) is 31.0 Å². The number of carboxylic acid groups (broad SMARTS) is 1. The molecule has 17 heavy (non-hydrogen) atoms. The van der Waals surface area contributed by atoms with E-state index in [4.69, 9.17) is 9.90 Å². The van der Waals surface area contributed by atoms with E-state index in [2.05, 4.69) is 10.6 Å². The summed E-state index contributed by atoms with van der Waals surface area (Å²) in [5.74, 6) is -2.53. The molecule has 8 heteroatoms. The van der Waals surface area contributed by atoms with Gasteiger partial charge in [0.05, 0.1) is 5.54 Å². The molecule has 98 valence electrons. The summed E-state index contributed by atoms with van der Waals surface area (Å²) in [4.78, 5) is 19.8. The zero-order chi connectivity index (χ0) is 13.1. The Bertz CT molecular complexity index is 311. The van der Waals surface area contributed by atoms with Crippen molar-refractivity contribution in [2.24, 2.45) is 0 Å². The molecule has 2 rings (SSSR count). The SMILES string of the molecule is O=C(O)C(F)(F)F.O=C1CC[C@]2(CCNC2)N1. The Balaban J connectivity index is 0.000000185. The second-order valence-corrected chi connectivity index (χ2v) is 4.06. The van der Waals surface area contributed by atoms with Gasteiger partial charge in [-0.2, -0.15) is 13.2 Å². The number of aliphatic carboxylic acids is 1. The molecule has 0 aliphatic carbocycles. The van der Waals surface area contributed by atoms with E-state index in [1.54, 1.807) is 0 Å². The van der Waals surface area contributed by atoms with Gasteiger partial charge in [-0.25, -0.2) is 4.79 Å². The second kappa shape index (κ2) is 4.91. The largest absolute Gasteiger partial charge is 0.490 e. The summed E-state index contributed by atoms with van der Waals surface area (Å²) in [6.07, 6.45) is -2.22. The zero-order valence-electron chi connectivity index (χ0n) is 8.93. The lowest BCUT2D eigenvalue weighted by atomic mass is 9.97. The number of hydrogen-bond donors (Lipinski definition) is 3. The minimum Gasteiger partial charge on any atom is -0.475 e. The number of halogens is 3. The van der Waals surface area contributed by atoms with Crippen LogP contribution in [0.5, 0.6) is 0 Å². The Kier molecular flexibility index (Phi) is 3.97. The van der Waals surface area contributed by atoms with E-state index in [0.29, 0.717) is 0 Å². The van der Waals surface area contributed by atoms with Crippen molar-refractivity contribution in [1.82, 2.24) is 10.6 Å². The molecule has 2 aliphatic heterocycles. The van der Waals surface area contributed by atoms with E-state index >= 15 is 0 Å². The van der Waals surface area contributed by atoms with Gasteiger partial charge in [-0.1, -0.05) is 0 Å². The highest BCUT2D eigenvalue weighted by Crippen LogP contribution is 2.25. The van der Waals surface area contributed by atoms with Crippen molar-refractivity contribution < 1.29 is 27.9 Å². The minimum absolute atomic E-state index is 0.150. The molecule has 0 unspecified atom stereocenters. The third-order valence-electron chi connectivity index (χ3n) is 2.72. The highest BCUT2D eigenvalue weighted by molar-refractivity contribution is 5.79. The maximum atomic E-state index is 10.9. The Morgan fingerprint density at radius 2 is 1.94 bits per heavy atom. The number of carboxylic acids is 1. The van der Waals surface area contributed by atoms with Crippen molar-refractivity contribution in [3.63, 3.8) is 0 Å². The van der Waals surface area contributed by atoms with Crippen LogP contribution in [0.25, 0.3) is 0 Å². The fourth-order valence-corrected chi connectivity index (χ4v) is 1.84. The molecule has 0 aromatic rings. The quantitative estimate of drug-likeness (QED) is 0.579. The van der Waals surface area contributed by atoms with Crippen LogP contribution in [0.2, 0.25) is 0 Å². The predicted octanol–water partition coefficient (Wildman–Crippen LogP) is 0.262. The summed E-state index contributed by atoms with van der Waals surface area (Å²) in [6, 6.07) is 0. The lowest BCUT2D eigenvalue weighted by molar-refractivity contribution is -0.192. The second-order valence-electron chi connectivity index (χ2n) is 4.06. The van der Waals surface area contributed by atoms with E-state index in [9.17, 15) is 18.0 Å². The fourth-order valence-electron chi connectivity index (χ4n) is 1.84. The summed E-state index contributed by atoms with van der Waals surface area (Å²) in [5.41, 5.74) is 0.150. The van der Waals surface area contributed by atoms with Crippen LogP contribution in [-0.2, 0) is 9.59 Å². The molecule has 3 N–H and O–H groups in total.